The SMILES string of the molecule is CO[C@@H]1[C@@H](OC)[C@H](O)O[C@@H]1[C@@H](CO)OC. The van der Waals surface area contributed by atoms with Crippen LogP contribution in [0.3, 0.4) is 0 Å². The van der Waals surface area contributed by atoms with Crippen molar-refractivity contribution in [2.45, 2.75) is 30.7 Å². The normalized spacial score (nSPS) is 38.2. The number of hydrogen-bond acceptors (Lipinski definition) is 6. The van der Waals surface area contributed by atoms with E-state index in [1.165, 1.54) is 21.3 Å². The summed E-state index contributed by atoms with van der Waals surface area (Å²) in [7, 11) is 4.42. The van der Waals surface area contributed by atoms with Crippen LogP contribution >= 0.6 is 0 Å². The summed E-state index contributed by atoms with van der Waals surface area (Å²) in [6, 6.07) is 0. The van der Waals surface area contributed by atoms with E-state index < -0.39 is 30.7 Å². The fourth-order valence-corrected chi connectivity index (χ4v) is 1.80. The zero-order valence-corrected chi connectivity index (χ0v) is 9.12. The first-order chi connectivity index (χ1) is 7.19. The Hall–Kier alpha value is -0.240. The van der Waals surface area contributed by atoms with Gasteiger partial charge in [-0.3, -0.25) is 0 Å². The predicted octanol–water partition coefficient (Wildman–Crippen LogP) is -1.26. The second-order valence-electron chi connectivity index (χ2n) is 3.35. The molecule has 0 aromatic heterocycles. The molecule has 6 heteroatoms. The summed E-state index contributed by atoms with van der Waals surface area (Å²) >= 11 is 0. The van der Waals surface area contributed by atoms with Gasteiger partial charge in [0.15, 0.2) is 6.29 Å². The van der Waals surface area contributed by atoms with E-state index in [9.17, 15) is 5.11 Å². The van der Waals surface area contributed by atoms with E-state index in [1.54, 1.807) is 0 Å². The molecule has 2 N–H and O–H groups in total. The van der Waals surface area contributed by atoms with Crippen LogP contribution in [0.25, 0.3) is 0 Å². The van der Waals surface area contributed by atoms with Gasteiger partial charge in [-0.05, 0) is 0 Å². The Balaban J connectivity index is 2.72. The largest absolute Gasteiger partial charge is 0.394 e. The molecule has 0 spiro atoms. The van der Waals surface area contributed by atoms with Gasteiger partial charge in [-0.25, -0.2) is 0 Å². The zero-order chi connectivity index (χ0) is 11.4. The van der Waals surface area contributed by atoms with E-state index in [0.717, 1.165) is 0 Å². The van der Waals surface area contributed by atoms with Gasteiger partial charge in [0.25, 0.3) is 0 Å². The maximum absolute atomic E-state index is 9.54. The summed E-state index contributed by atoms with van der Waals surface area (Å²) < 4.78 is 20.5. The summed E-state index contributed by atoms with van der Waals surface area (Å²) in [5.41, 5.74) is 0. The molecule has 0 aliphatic carbocycles. The average Bonchev–Trinajstić information content (AvgIpc) is 2.56. The Kier molecular flexibility index (Phi) is 4.91. The number of hydrogen-bond donors (Lipinski definition) is 2. The molecule has 1 saturated heterocycles. The number of rotatable bonds is 5. The highest BCUT2D eigenvalue weighted by Gasteiger charge is 2.48. The van der Waals surface area contributed by atoms with E-state index >= 15 is 0 Å². The van der Waals surface area contributed by atoms with Crippen molar-refractivity contribution in [2.75, 3.05) is 27.9 Å². The summed E-state index contributed by atoms with van der Waals surface area (Å²) in [6.45, 7) is -0.204. The lowest BCUT2D eigenvalue weighted by molar-refractivity contribution is -0.159. The molecule has 90 valence electrons. The molecule has 1 fully saturated rings. The third-order valence-corrected chi connectivity index (χ3v) is 2.62. The van der Waals surface area contributed by atoms with Crippen molar-refractivity contribution in [3.63, 3.8) is 0 Å². The maximum Gasteiger partial charge on any atom is 0.184 e. The molecule has 0 amide bonds. The van der Waals surface area contributed by atoms with Gasteiger partial charge in [0.1, 0.15) is 24.4 Å². The fourth-order valence-electron chi connectivity index (χ4n) is 1.80. The Morgan fingerprint density at radius 2 is 1.80 bits per heavy atom. The second-order valence-corrected chi connectivity index (χ2v) is 3.35. The molecule has 5 atom stereocenters. The van der Waals surface area contributed by atoms with Crippen molar-refractivity contribution in [3.8, 4) is 0 Å². The van der Waals surface area contributed by atoms with Crippen LogP contribution in [0, 0.1) is 0 Å². The zero-order valence-electron chi connectivity index (χ0n) is 9.12. The molecular weight excluding hydrogens is 204 g/mol. The van der Waals surface area contributed by atoms with Gasteiger partial charge in [0.2, 0.25) is 0 Å². The van der Waals surface area contributed by atoms with Gasteiger partial charge in [0.05, 0.1) is 6.61 Å². The number of aliphatic hydroxyl groups excluding tert-OH is 2. The fraction of sp³-hybridized carbons (Fsp3) is 1.00. The Bertz CT molecular complexity index is 183. The Morgan fingerprint density at radius 3 is 2.20 bits per heavy atom. The third kappa shape index (κ3) is 2.47. The van der Waals surface area contributed by atoms with Crippen LogP contribution in [0.1, 0.15) is 0 Å². The topological polar surface area (TPSA) is 77.4 Å². The first-order valence-corrected chi connectivity index (χ1v) is 4.72. The van der Waals surface area contributed by atoms with Crippen LogP contribution in [-0.2, 0) is 18.9 Å². The predicted molar refractivity (Wildman–Crippen MR) is 50.4 cm³/mol. The van der Waals surface area contributed by atoms with Crippen molar-refractivity contribution in [1.82, 2.24) is 0 Å². The number of ether oxygens (including phenoxy) is 4. The van der Waals surface area contributed by atoms with Crippen LogP contribution in [-0.4, -0.2) is 68.9 Å². The molecule has 1 rings (SSSR count). The lowest BCUT2D eigenvalue weighted by Gasteiger charge is -2.25. The van der Waals surface area contributed by atoms with Gasteiger partial charge < -0.3 is 29.2 Å². The molecule has 1 aliphatic heterocycles. The van der Waals surface area contributed by atoms with E-state index in [-0.39, 0.29) is 6.61 Å². The van der Waals surface area contributed by atoms with Crippen LogP contribution < -0.4 is 0 Å². The lowest BCUT2D eigenvalue weighted by Crippen LogP contribution is -2.43. The Morgan fingerprint density at radius 1 is 1.20 bits per heavy atom. The van der Waals surface area contributed by atoms with Gasteiger partial charge in [-0.15, -0.1) is 0 Å². The van der Waals surface area contributed by atoms with Gasteiger partial charge in [-0.2, -0.15) is 0 Å². The molecule has 1 heterocycles. The standard InChI is InChI=1S/C9H18O6/c1-12-5(4-10)6-7(13-2)8(14-3)9(11)15-6/h5-11H,4H2,1-3H3/t5-,6-,7+,8-,9-/m1/s1. The van der Waals surface area contributed by atoms with Crippen LogP contribution in [0.5, 0.6) is 0 Å². The molecular formula is C9H18O6. The Labute approximate surface area is 88.7 Å². The van der Waals surface area contributed by atoms with Crippen LogP contribution in [0.15, 0.2) is 0 Å². The van der Waals surface area contributed by atoms with E-state index in [4.69, 9.17) is 24.1 Å². The van der Waals surface area contributed by atoms with Crippen molar-refractivity contribution < 1.29 is 29.2 Å². The first kappa shape index (κ1) is 12.8. The summed E-state index contributed by atoms with van der Waals surface area (Å²) in [5.74, 6) is 0. The first-order valence-electron chi connectivity index (χ1n) is 4.72. The highest BCUT2D eigenvalue weighted by Crippen LogP contribution is 2.27. The third-order valence-electron chi connectivity index (χ3n) is 2.62. The summed E-state index contributed by atoms with van der Waals surface area (Å²) in [6.07, 6.45) is -3.16. The van der Waals surface area contributed by atoms with E-state index in [1.807, 2.05) is 0 Å². The quantitative estimate of drug-likeness (QED) is 0.604. The van der Waals surface area contributed by atoms with Crippen LogP contribution in [0.4, 0.5) is 0 Å². The molecule has 0 bridgehead atoms. The molecule has 0 aromatic carbocycles. The van der Waals surface area contributed by atoms with Crippen molar-refractivity contribution in [1.29, 1.82) is 0 Å². The van der Waals surface area contributed by atoms with Crippen molar-refractivity contribution in [3.05, 3.63) is 0 Å². The van der Waals surface area contributed by atoms with Gasteiger partial charge >= 0.3 is 0 Å². The molecule has 0 aromatic rings. The highest BCUT2D eigenvalue weighted by molar-refractivity contribution is 4.92. The average molecular weight is 222 g/mol. The van der Waals surface area contributed by atoms with Gasteiger partial charge in [-0.1, -0.05) is 0 Å². The number of aliphatic hydroxyl groups is 2. The van der Waals surface area contributed by atoms with E-state index in [2.05, 4.69) is 0 Å². The molecule has 15 heavy (non-hydrogen) atoms. The molecule has 0 saturated carbocycles. The summed E-state index contributed by atoms with van der Waals surface area (Å²) in [5, 5.41) is 18.6. The second kappa shape index (κ2) is 5.74. The van der Waals surface area contributed by atoms with Crippen molar-refractivity contribution >= 4 is 0 Å². The molecule has 0 unspecified atom stereocenters. The molecule has 6 nitrogen and oxygen atoms in total. The van der Waals surface area contributed by atoms with Gasteiger partial charge in [0, 0.05) is 21.3 Å². The molecule has 1 aliphatic rings. The minimum absolute atomic E-state index is 0.204. The lowest BCUT2D eigenvalue weighted by atomic mass is 10.1. The minimum Gasteiger partial charge on any atom is -0.394 e. The van der Waals surface area contributed by atoms with Crippen LogP contribution in [0.2, 0.25) is 0 Å². The monoisotopic (exact) mass is 222 g/mol. The summed E-state index contributed by atoms with van der Waals surface area (Å²) in [4.78, 5) is 0. The number of methoxy groups -OCH3 is 3. The minimum atomic E-state index is -1.06. The van der Waals surface area contributed by atoms with Crippen molar-refractivity contribution in [2.24, 2.45) is 0 Å². The van der Waals surface area contributed by atoms with E-state index in [0.29, 0.717) is 0 Å². The molecule has 0 radical (unpaired) electrons. The smallest absolute Gasteiger partial charge is 0.184 e. The maximum atomic E-state index is 9.54. The highest BCUT2D eigenvalue weighted by atomic mass is 16.7.